The largest absolute Gasteiger partial charge is 0.595 e. The summed E-state index contributed by atoms with van der Waals surface area (Å²) in [6.07, 6.45) is 0. The molecule has 0 fully saturated rings. The molecule has 10 nitrogen and oxygen atoms in total. The highest BCUT2D eigenvalue weighted by molar-refractivity contribution is 5.98. The predicted molar refractivity (Wildman–Crippen MR) is 134 cm³/mol. The first-order valence-electron chi connectivity index (χ1n) is 11.1. The number of quaternary nitrogens is 1. The van der Waals surface area contributed by atoms with E-state index in [0.29, 0.717) is 33.4 Å². The quantitative estimate of drug-likeness (QED) is 0.252. The molecule has 2 aromatic heterocycles. The van der Waals surface area contributed by atoms with Gasteiger partial charge in [-0.15, -0.1) is 0 Å². The van der Waals surface area contributed by atoms with Crippen LogP contribution in [0.1, 0.15) is 5.56 Å². The Morgan fingerprint density at radius 2 is 1.68 bits per heavy atom. The lowest BCUT2D eigenvalue weighted by atomic mass is 10.0. The summed E-state index contributed by atoms with van der Waals surface area (Å²) in [5, 5.41) is 20.1. The number of hydrogen-bond donors (Lipinski definition) is 2. The molecule has 0 amide bonds. The van der Waals surface area contributed by atoms with Crippen molar-refractivity contribution in [3.8, 4) is 28.4 Å². The van der Waals surface area contributed by atoms with Crippen LogP contribution in [0.15, 0.2) is 85.2 Å². The van der Waals surface area contributed by atoms with E-state index in [1.165, 1.54) is 32.4 Å². The van der Waals surface area contributed by atoms with Gasteiger partial charge < -0.3 is 28.3 Å². The molecule has 0 aliphatic rings. The molecule has 2 heterocycles. The summed E-state index contributed by atoms with van der Waals surface area (Å²) in [5.74, 6) is 1.09. The van der Waals surface area contributed by atoms with E-state index in [0.717, 1.165) is 5.56 Å². The molecule has 0 radical (unpaired) electrons. The van der Waals surface area contributed by atoms with E-state index in [1.54, 1.807) is 48.5 Å². The van der Waals surface area contributed by atoms with Crippen molar-refractivity contribution in [2.45, 2.75) is 6.61 Å². The van der Waals surface area contributed by atoms with E-state index in [1.807, 2.05) is 0 Å². The summed E-state index contributed by atoms with van der Waals surface area (Å²) in [4.78, 5) is 25.4. The summed E-state index contributed by atoms with van der Waals surface area (Å²) >= 11 is 0. The maximum atomic E-state index is 13.0. The smallest absolute Gasteiger partial charge is 0.344 e. The minimum atomic E-state index is -1.00. The lowest BCUT2D eigenvalue weighted by Gasteiger charge is -2.12. The number of nitrogens with one attached hydrogen (secondary N) is 1. The zero-order valence-corrected chi connectivity index (χ0v) is 19.8. The van der Waals surface area contributed by atoms with Crippen molar-refractivity contribution in [3.63, 3.8) is 0 Å². The van der Waals surface area contributed by atoms with E-state index in [4.69, 9.17) is 28.3 Å². The Morgan fingerprint density at radius 3 is 2.38 bits per heavy atom. The van der Waals surface area contributed by atoms with Gasteiger partial charge in [0.15, 0.2) is 17.0 Å². The predicted octanol–water partition coefficient (Wildman–Crippen LogP) is 3.57. The van der Waals surface area contributed by atoms with Crippen molar-refractivity contribution >= 4 is 27.6 Å². The maximum Gasteiger partial charge on any atom is 0.344 e. The Bertz CT molecular complexity index is 1720. The first-order chi connectivity index (χ1) is 17.9. The van der Waals surface area contributed by atoms with Crippen LogP contribution in [-0.4, -0.2) is 19.4 Å². The van der Waals surface area contributed by atoms with Crippen LogP contribution in [-0.2, 0) is 6.61 Å². The highest BCUT2D eigenvalue weighted by Gasteiger charge is 2.19. The van der Waals surface area contributed by atoms with Crippen LogP contribution < -0.4 is 30.7 Å². The highest BCUT2D eigenvalue weighted by atomic mass is 16.8. The molecular formula is C27H21NO9. The van der Waals surface area contributed by atoms with Gasteiger partial charge in [0, 0.05) is 40.6 Å². The van der Waals surface area contributed by atoms with Gasteiger partial charge >= 0.3 is 11.3 Å². The van der Waals surface area contributed by atoms with Gasteiger partial charge in [0.1, 0.15) is 17.9 Å². The number of ether oxygens (including phenoxy) is 3. The molecular weight excluding hydrogens is 482 g/mol. The van der Waals surface area contributed by atoms with Gasteiger partial charge in [-0.1, -0.05) is 0 Å². The van der Waals surface area contributed by atoms with Crippen molar-refractivity contribution in [1.82, 2.24) is 0 Å². The topological polar surface area (TPSA) is 136 Å². The Labute approximate surface area is 209 Å². The lowest BCUT2D eigenvalue weighted by molar-refractivity contribution is -0.991. The second-order valence-corrected chi connectivity index (χ2v) is 8.09. The molecule has 5 rings (SSSR count). The fourth-order valence-electron chi connectivity index (χ4n) is 4.04. The standard InChI is InChI=1S/C27H21NO9/c1-33-22-10-9-19-20(13-24(29)37-25(19)26(22)34-2)21-11-16-5-8-18(12-23(16)36-27(21)30)35-14-15-3-6-17(7-4-15)28(31)32/h3-13,28,31H,14H2,1-2H3. The first kappa shape index (κ1) is 24.1. The Kier molecular flexibility index (Phi) is 6.36. The van der Waals surface area contributed by atoms with E-state index in [2.05, 4.69) is 0 Å². The molecule has 37 heavy (non-hydrogen) atoms. The molecule has 188 valence electrons. The summed E-state index contributed by atoms with van der Waals surface area (Å²) in [6, 6.07) is 17.6. The highest BCUT2D eigenvalue weighted by Crippen LogP contribution is 2.38. The van der Waals surface area contributed by atoms with E-state index in [-0.39, 0.29) is 29.2 Å². The van der Waals surface area contributed by atoms with E-state index < -0.39 is 16.5 Å². The molecule has 0 bridgehead atoms. The maximum absolute atomic E-state index is 13.0. The molecule has 1 atom stereocenters. The zero-order chi connectivity index (χ0) is 26.1. The van der Waals surface area contributed by atoms with Crippen LogP contribution in [0.25, 0.3) is 33.1 Å². The number of fused-ring (bicyclic) bond motifs is 2. The van der Waals surface area contributed by atoms with E-state index >= 15 is 0 Å². The van der Waals surface area contributed by atoms with Crippen LogP contribution in [0.4, 0.5) is 5.69 Å². The van der Waals surface area contributed by atoms with Gasteiger partial charge in [0.2, 0.25) is 5.75 Å². The van der Waals surface area contributed by atoms with Crippen LogP contribution in [0.3, 0.4) is 0 Å². The van der Waals surface area contributed by atoms with Crippen molar-refractivity contribution in [2.24, 2.45) is 0 Å². The van der Waals surface area contributed by atoms with Gasteiger partial charge in [0.25, 0.3) is 0 Å². The molecule has 10 heteroatoms. The minimum absolute atomic E-state index is 0.156. The zero-order valence-electron chi connectivity index (χ0n) is 19.8. The van der Waals surface area contributed by atoms with Crippen molar-refractivity contribution < 1.29 is 33.5 Å². The molecule has 3 aromatic carbocycles. The second-order valence-electron chi connectivity index (χ2n) is 8.09. The average molecular weight is 503 g/mol. The Balaban J connectivity index is 1.50. The third-order valence-electron chi connectivity index (χ3n) is 5.86. The molecule has 0 aliphatic heterocycles. The minimum Gasteiger partial charge on any atom is -0.595 e. The van der Waals surface area contributed by atoms with Gasteiger partial charge in [-0.2, -0.15) is 5.23 Å². The summed E-state index contributed by atoms with van der Waals surface area (Å²) in [6.45, 7) is 0.199. The lowest BCUT2D eigenvalue weighted by Crippen LogP contribution is -2.99. The molecule has 0 aliphatic carbocycles. The number of methoxy groups -OCH3 is 2. The fourth-order valence-corrected chi connectivity index (χ4v) is 4.04. The van der Waals surface area contributed by atoms with Crippen LogP contribution in [0.5, 0.6) is 17.2 Å². The molecule has 2 N–H and O–H groups in total. The van der Waals surface area contributed by atoms with Gasteiger partial charge in [-0.05, 0) is 48.0 Å². The van der Waals surface area contributed by atoms with Crippen molar-refractivity contribution in [3.05, 3.63) is 98.3 Å². The monoisotopic (exact) mass is 503 g/mol. The number of hydrogen-bond acceptors (Lipinski definition) is 9. The first-order valence-corrected chi connectivity index (χ1v) is 11.1. The van der Waals surface area contributed by atoms with E-state index in [9.17, 15) is 14.8 Å². The fraction of sp³-hybridized carbons (Fsp3) is 0.111. The van der Waals surface area contributed by atoms with Crippen LogP contribution in [0, 0.1) is 5.21 Å². The number of rotatable bonds is 7. The molecule has 0 spiro atoms. The van der Waals surface area contributed by atoms with Gasteiger partial charge in [-0.3, -0.25) is 0 Å². The Morgan fingerprint density at radius 1 is 0.892 bits per heavy atom. The molecule has 1 unspecified atom stereocenters. The number of benzene rings is 3. The van der Waals surface area contributed by atoms with Crippen molar-refractivity contribution in [1.29, 1.82) is 0 Å². The van der Waals surface area contributed by atoms with Crippen LogP contribution in [0.2, 0.25) is 0 Å². The van der Waals surface area contributed by atoms with Crippen LogP contribution >= 0.6 is 0 Å². The second kappa shape index (κ2) is 9.78. The SMILES string of the molecule is COc1ccc2c(-c3cc4ccc(OCc5ccc([NH+]([O-])O)cc5)cc4oc3=O)cc(=O)oc2c1OC. The third kappa shape index (κ3) is 4.64. The Hall–Kier alpha value is -4.64. The molecule has 0 saturated carbocycles. The summed E-state index contributed by atoms with van der Waals surface area (Å²) in [5.41, 5.74) is 0.655. The third-order valence-corrected chi connectivity index (χ3v) is 5.86. The summed E-state index contributed by atoms with van der Waals surface area (Å²) in [7, 11) is 2.90. The van der Waals surface area contributed by atoms with Gasteiger partial charge in [-0.25, -0.2) is 14.8 Å². The summed E-state index contributed by atoms with van der Waals surface area (Å²) < 4.78 is 27.4. The normalized spacial score (nSPS) is 12.0. The van der Waals surface area contributed by atoms with Crippen molar-refractivity contribution in [2.75, 3.05) is 14.2 Å². The average Bonchev–Trinajstić information content (AvgIpc) is 2.90. The molecule has 0 saturated heterocycles. The van der Waals surface area contributed by atoms with Gasteiger partial charge in [0.05, 0.1) is 19.8 Å². The molecule has 5 aromatic rings.